The quantitative estimate of drug-likeness (QED) is 0.686. The van der Waals surface area contributed by atoms with E-state index in [2.05, 4.69) is 20.2 Å². The molecule has 17 heavy (non-hydrogen) atoms. The third-order valence-corrected chi connectivity index (χ3v) is 4.15. The minimum Gasteiger partial charge on any atom is -0.313 e. The summed E-state index contributed by atoms with van der Waals surface area (Å²) < 4.78 is 26.7. The fourth-order valence-corrected chi connectivity index (χ4v) is 3.16. The van der Waals surface area contributed by atoms with Crippen LogP contribution in [0.15, 0.2) is 4.90 Å². The van der Waals surface area contributed by atoms with E-state index in [1.54, 1.807) is 13.8 Å². The molecule has 0 radical (unpaired) electrons. The number of nitrogens with one attached hydrogen (secondary N) is 3. The van der Waals surface area contributed by atoms with Crippen molar-refractivity contribution >= 4 is 10.0 Å². The number of aromatic amines is 1. The molecule has 1 rings (SSSR count). The summed E-state index contributed by atoms with van der Waals surface area (Å²) in [4.78, 5) is 0.251. The van der Waals surface area contributed by atoms with Crippen LogP contribution in [0.2, 0.25) is 0 Å². The summed E-state index contributed by atoms with van der Waals surface area (Å²) in [6.45, 7) is 8.46. The largest absolute Gasteiger partial charge is 0.313 e. The fourth-order valence-electron chi connectivity index (χ4n) is 1.66. The van der Waals surface area contributed by atoms with Crippen molar-refractivity contribution in [3.05, 3.63) is 11.4 Å². The van der Waals surface area contributed by atoms with E-state index < -0.39 is 10.0 Å². The molecule has 98 valence electrons. The van der Waals surface area contributed by atoms with Crippen molar-refractivity contribution in [3.8, 4) is 0 Å². The molecule has 7 heteroatoms. The molecule has 1 heterocycles. The highest BCUT2D eigenvalue weighted by atomic mass is 32.2. The zero-order valence-corrected chi connectivity index (χ0v) is 11.5. The number of hydrogen-bond acceptors (Lipinski definition) is 4. The lowest BCUT2D eigenvalue weighted by Gasteiger charge is -2.13. The minimum atomic E-state index is -3.48. The van der Waals surface area contributed by atoms with E-state index in [-0.39, 0.29) is 10.9 Å². The van der Waals surface area contributed by atoms with Gasteiger partial charge in [-0.2, -0.15) is 5.10 Å². The molecular formula is C10H20N4O2S. The van der Waals surface area contributed by atoms with Gasteiger partial charge in [-0.05, 0) is 27.3 Å². The lowest BCUT2D eigenvalue weighted by molar-refractivity contribution is 0.535. The van der Waals surface area contributed by atoms with Crippen molar-refractivity contribution in [3.63, 3.8) is 0 Å². The zero-order valence-electron chi connectivity index (χ0n) is 10.7. The smallest absolute Gasteiger partial charge is 0.244 e. The Kier molecular flexibility index (Phi) is 4.67. The highest BCUT2D eigenvalue weighted by molar-refractivity contribution is 7.89. The second-order valence-electron chi connectivity index (χ2n) is 4.07. The first kappa shape index (κ1) is 14.1. The summed E-state index contributed by atoms with van der Waals surface area (Å²) in [6.07, 6.45) is 0. The summed E-state index contributed by atoms with van der Waals surface area (Å²) in [5.41, 5.74) is 1.05. The normalized spacial score (nSPS) is 13.9. The second-order valence-corrected chi connectivity index (χ2v) is 5.78. The molecule has 1 aromatic rings. The van der Waals surface area contributed by atoms with Crippen molar-refractivity contribution in [2.24, 2.45) is 0 Å². The van der Waals surface area contributed by atoms with Crippen LogP contribution in [0.25, 0.3) is 0 Å². The van der Waals surface area contributed by atoms with E-state index in [9.17, 15) is 8.42 Å². The molecule has 0 aliphatic heterocycles. The monoisotopic (exact) mass is 260 g/mol. The highest BCUT2D eigenvalue weighted by Crippen LogP contribution is 2.15. The van der Waals surface area contributed by atoms with Gasteiger partial charge in [0.15, 0.2) is 0 Å². The average Bonchev–Trinajstić information content (AvgIpc) is 2.57. The van der Waals surface area contributed by atoms with Gasteiger partial charge in [-0.1, -0.05) is 6.92 Å². The molecule has 6 nitrogen and oxygen atoms in total. The van der Waals surface area contributed by atoms with Crippen LogP contribution in [0.3, 0.4) is 0 Å². The Hall–Kier alpha value is -0.920. The fraction of sp³-hybridized carbons (Fsp3) is 0.700. The van der Waals surface area contributed by atoms with Gasteiger partial charge >= 0.3 is 0 Å². The molecule has 0 fully saturated rings. The molecule has 1 atom stereocenters. The maximum absolute atomic E-state index is 12.0. The van der Waals surface area contributed by atoms with Gasteiger partial charge in [0.05, 0.1) is 11.4 Å². The Bertz CT molecular complexity index is 447. The van der Waals surface area contributed by atoms with Crippen LogP contribution < -0.4 is 10.0 Å². The number of sulfonamides is 1. The van der Waals surface area contributed by atoms with Crippen LogP contribution in [0.5, 0.6) is 0 Å². The Balaban J connectivity index is 2.76. The summed E-state index contributed by atoms with van der Waals surface area (Å²) >= 11 is 0. The van der Waals surface area contributed by atoms with Crippen molar-refractivity contribution in [2.45, 2.75) is 38.6 Å². The molecule has 0 amide bonds. The third kappa shape index (κ3) is 3.52. The second kappa shape index (κ2) is 5.61. The number of rotatable bonds is 6. The lowest BCUT2D eigenvalue weighted by atomic mass is 10.3. The SMILES string of the molecule is CCN[C@H](C)CNS(=O)(=O)c1c(C)n[nH]c1C. The summed E-state index contributed by atoms with van der Waals surface area (Å²) in [7, 11) is -3.48. The van der Waals surface area contributed by atoms with E-state index in [1.165, 1.54) is 0 Å². The number of H-pyrrole nitrogens is 1. The Labute approximate surface area is 102 Å². The van der Waals surface area contributed by atoms with Crippen LogP contribution in [0, 0.1) is 13.8 Å². The zero-order chi connectivity index (χ0) is 13.1. The summed E-state index contributed by atoms with van der Waals surface area (Å²) in [5, 5.41) is 9.70. The minimum absolute atomic E-state index is 0.0993. The van der Waals surface area contributed by atoms with Crippen LogP contribution in [0.1, 0.15) is 25.2 Å². The van der Waals surface area contributed by atoms with Gasteiger partial charge in [-0.3, -0.25) is 5.10 Å². The summed E-state index contributed by atoms with van der Waals surface area (Å²) in [6, 6.07) is 0.0993. The van der Waals surface area contributed by atoms with Crippen molar-refractivity contribution < 1.29 is 8.42 Å². The van der Waals surface area contributed by atoms with Gasteiger partial charge in [0.1, 0.15) is 4.90 Å². The number of likely N-dealkylation sites (N-methyl/N-ethyl adjacent to an activating group) is 1. The molecule has 0 aliphatic carbocycles. The van der Waals surface area contributed by atoms with Gasteiger partial charge in [-0.15, -0.1) is 0 Å². The highest BCUT2D eigenvalue weighted by Gasteiger charge is 2.22. The van der Waals surface area contributed by atoms with E-state index in [0.717, 1.165) is 6.54 Å². The van der Waals surface area contributed by atoms with Gasteiger partial charge in [0.25, 0.3) is 0 Å². The standard InChI is InChI=1S/C10H20N4O2S/c1-5-11-7(2)6-12-17(15,16)10-8(3)13-14-9(10)4/h7,11-12H,5-6H2,1-4H3,(H,13,14)/t7-/m1/s1. The van der Waals surface area contributed by atoms with Crippen molar-refractivity contribution in [1.82, 2.24) is 20.2 Å². The van der Waals surface area contributed by atoms with E-state index >= 15 is 0 Å². The van der Waals surface area contributed by atoms with Crippen LogP contribution in [-0.2, 0) is 10.0 Å². The lowest BCUT2D eigenvalue weighted by Crippen LogP contribution is -2.39. The number of nitrogens with zero attached hydrogens (tertiary/aromatic N) is 1. The number of aromatic nitrogens is 2. The van der Waals surface area contributed by atoms with E-state index in [4.69, 9.17) is 0 Å². The van der Waals surface area contributed by atoms with Crippen molar-refractivity contribution in [2.75, 3.05) is 13.1 Å². The molecule has 0 aromatic carbocycles. The Morgan fingerprint density at radius 1 is 1.41 bits per heavy atom. The predicted octanol–water partition coefficient (Wildman–Crippen LogP) is 0.303. The molecule has 0 spiro atoms. The third-order valence-electron chi connectivity index (χ3n) is 2.46. The van der Waals surface area contributed by atoms with Gasteiger partial charge in [-0.25, -0.2) is 13.1 Å². The van der Waals surface area contributed by atoms with Crippen LogP contribution in [-0.4, -0.2) is 37.7 Å². The molecule has 3 N–H and O–H groups in total. The number of aryl methyl sites for hydroxylation is 2. The molecule has 0 bridgehead atoms. The maximum atomic E-state index is 12.0. The van der Waals surface area contributed by atoms with E-state index in [0.29, 0.717) is 17.9 Å². The molecule has 0 saturated carbocycles. The van der Waals surface area contributed by atoms with Gasteiger partial charge in [0.2, 0.25) is 10.0 Å². The van der Waals surface area contributed by atoms with Crippen LogP contribution in [0.4, 0.5) is 0 Å². The van der Waals surface area contributed by atoms with Gasteiger partial charge < -0.3 is 5.32 Å². The first-order chi connectivity index (χ1) is 7.88. The van der Waals surface area contributed by atoms with Crippen molar-refractivity contribution in [1.29, 1.82) is 0 Å². The first-order valence-electron chi connectivity index (χ1n) is 5.63. The molecule has 1 aromatic heterocycles. The van der Waals surface area contributed by atoms with Crippen LogP contribution >= 0.6 is 0 Å². The first-order valence-corrected chi connectivity index (χ1v) is 7.11. The average molecular weight is 260 g/mol. The summed E-state index contributed by atoms with van der Waals surface area (Å²) in [5.74, 6) is 0. The maximum Gasteiger partial charge on any atom is 0.244 e. The Morgan fingerprint density at radius 3 is 2.53 bits per heavy atom. The Morgan fingerprint density at radius 2 is 2.06 bits per heavy atom. The molecule has 0 saturated heterocycles. The van der Waals surface area contributed by atoms with E-state index in [1.807, 2.05) is 13.8 Å². The topological polar surface area (TPSA) is 86.9 Å². The molecule has 0 unspecified atom stereocenters. The van der Waals surface area contributed by atoms with Gasteiger partial charge in [0, 0.05) is 12.6 Å². The number of hydrogen-bond donors (Lipinski definition) is 3. The predicted molar refractivity (Wildman–Crippen MR) is 66.4 cm³/mol. The molecular weight excluding hydrogens is 240 g/mol. The molecule has 0 aliphatic rings.